The highest BCUT2D eigenvalue weighted by Crippen LogP contribution is 2.04. The van der Waals surface area contributed by atoms with Crippen LogP contribution in [0.25, 0.3) is 0 Å². The fourth-order valence-electron chi connectivity index (χ4n) is 0.559. The van der Waals surface area contributed by atoms with Crippen LogP contribution in [0.15, 0.2) is 29.1 Å². The molecule has 0 amide bonds. The zero-order chi connectivity index (χ0) is 7.56. The van der Waals surface area contributed by atoms with Gasteiger partial charge in [-0.3, -0.25) is 4.79 Å². The van der Waals surface area contributed by atoms with Crippen LogP contribution in [0, 0.1) is 0 Å². The van der Waals surface area contributed by atoms with E-state index in [1.54, 1.807) is 6.07 Å². The van der Waals surface area contributed by atoms with E-state index in [2.05, 4.69) is 0 Å². The van der Waals surface area contributed by atoms with Crippen molar-refractivity contribution in [3.8, 4) is 0 Å². The zero-order valence-electron chi connectivity index (χ0n) is 5.17. The van der Waals surface area contributed by atoms with Crippen LogP contribution in [0.4, 0.5) is 5.69 Å². The molecule has 2 N–H and O–H groups in total. The average Bonchev–Trinajstić information content (AvgIpc) is 2.04. The minimum Gasteiger partial charge on any atom is -0.396 e. The molecular formula is C7H6ClNO. The van der Waals surface area contributed by atoms with Gasteiger partial charge in [-0.15, -0.1) is 0 Å². The second-order valence-electron chi connectivity index (χ2n) is 1.87. The number of hydrogen-bond donors (Lipinski definition) is 1. The molecule has 0 bridgehead atoms. The number of hydrogen-bond acceptors (Lipinski definition) is 2. The van der Waals surface area contributed by atoms with E-state index in [1.807, 2.05) is 0 Å². The minimum absolute atomic E-state index is 0.202. The summed E-state index contributed by atoms with van der Waals surface area (Å²) in [5.41, 5.74) is 5.31. The number of nitrogens with two attached hydrogens (primary N) is 1. The molecule has 0 radical (unpaired) electrons. The lowest BCUT2D eigenvalue weighted by Crippen LogP contribution is -2.01. The Balaban J connectivity index is 3.43. The summed E-state index contributed by atoms with van der Waals surface area (Å²) in [6.45, 7) is 0. The van der Waals surface area contributed by atoms with Crippen molar-refractivity contribution in [1.29, 1.82) is 0 Å². The monoisotopic (exact) mass is 155 g/mol. The fraction of sp³-hybridized carbons (Fsp3) is 0. The number of nitrogen functional groups attached to an aromatic ring is 1. The van der Waals surface area contributed by atoms with Gasteiger partial charge < -0.3 is 5.73 Å². The topological polar surface area (TPSA) is 43.1 Å². The summed E-state index contributed by atoms with van der Waals surface area (Å²) in [6, 6.07) is 5.93. The molecule has 0 aliphatic rings. The first-order valence-corrected chi connectivity index (χ1v) is 3.13. The lowest BCUT2D eigenvalue weighted by atomic mass is 10.4. The van der Waals surface area contributed by atoms with Gasteiger partial charge in [-0.05, 0) is 24.3 Å². The Morgan fingerprint density at radius 2 is 1.80 bits per heavy atom. The van der Waals surface area contributed by atoms with Crippen LogP contribution in [-0.4, -0.2) is 0 Å². The summed E-state index contributed by atoms with van der Waals surface area (Å²) in [4.78, 5) is 10.8. The molecule has 0 heterocycles. The molecule has 2 nitrogen and oxygen atoms in total. The summed E-state index contributed by atoms with van der Waals surface area (Å²) in [5, 5.41) is 0.508. The number of halogens is 1. The Labute approximate surface area is 63.2 Å². The molecule has 0 unspecified atom stereocenters. The lowest BCUT2D eigenvalue weighted by Gasteiger charge is -1.76. The molecule has 0 spiro atoms. The second-order valence-corrected chi connectivity index (χ2v) is 2.31. The third-order valence-corrected chi connectivity index (χ3v) is 1.35. The minimum atomic E-state index is -0.202. The van der Waals surface area contributed by atoms with Crippen molar-refractivity contribution in [3.63, 3.8) is 0 Å². The molecule has 1 rings (SSSR count). The summed E-state index contributed by atoms with van der Waals surface area (Å²) in [7, 11) is 0. The van der Waals surface area contributed by atoms with Crippen LogP contribution in [0.1, 0.15) is 0 Å². The van der Waals surface area contributed by atoms with Crippen molar-refractivity contribution in [3.05, 3.63) is 39.5 Å². The summed E-state index contributed by atoms with van der Waals surface area (Å²) in [6.07, 6.45) is 0. The van der Waals surface area contributed by atoms with Crippen molar-refractivity contribution in [1.82, 2.24) is 0 Å². The fourth-order valence-corrected chi connectivity index (χ4v) is 0.685. The molecule has 0 saturated heterocycles. The first kappa shape index (κ1) is 7.09. The van der Waals surface area contributed by atoms with Crippen LogP contribution < -0.4 is 11.2 Å². The van der Waals surface area contributed by atoms with Crippen molar-refractivity contribution >= 4 is 17.3 Å². The summed E-state index contributed by atoms with van der Waals surface area (Å²) < 4.78 is 0. The van der Waals surface area contributed by atoms with Gasteiger partial charge in [-0.2, -0.15) is 0 Å². The van der Waals surface area contributed by atoms with Crippen molar-refractivity contribution < 1.29 is 0 Å². The van der Waals surface area contributed by atoms with Crippen LogP contribution >= 0.6 is 11.6 Å². The summed E-state index contributed by atoms with van der Waals surface area (Å²) in [5.74, 6) is 0. The Bertz CT molecular complexity index is 298. The van der Waals surface area contributed by atoms with Crippen molar-refractivity contribution in [2.24, 2.45) is 0 Å². The molecule has 0 atom stereocenters. The highest BCUT2D eigenvalue weighted by atomic mass is 35.5. The molecule has 0 aliphatic carbocycles. The maximum Gasteiger partial charge on any atom is 0.201 e. The second kappa shape index (κ2) is 2.71. The Hall–Kier alpha value is -1.02. The highest BCUT2D eigenvalue weighted by molar-refractivity contribution is 6.30. The number of anilines is 1. The predicted octanol–water partition coefficient (Wildman–Crippen LogP) is 1.28. The first-order valence-electron chi connectivity index (χ1n) is 2.75. The van der Waals surface area contributed by atoms with Gasteiger partial charge in [0.2, 0.25) is 5.43 Å². The van der Waals surface area contributed by atoms with Crippen LogP contribution in [0.5, 0.6) is 0 Å². The van der Waals surface area contributed by atoms with E-state index in [9.17, 15) is 4.79 Å². The van der Waals surface area contributed by atoms with E-state index >= 15 is 0 Å². The van der Waals surface area contributed by atoms with Gasteiger partial charge in [0.25, 0.3) is 0 Å². The van der Waals surface area contributed by atoms with E-state index in [1.165, 1.54) is 18.2 Å². The Kier molecular flexibility index (Phi) is 1.92. The normalized spacial score (nSPS) is 9.30. The van der Waals surface area contributed by atoms with Crippen LogP contribution in [0.2, 0.25) is 5.02 Å². The summed E-state index contributed by atoms with van der Waals surface area (Å²) >= 11 is 5.57. The predicted molar refractivity (Wildman–Crippen MR) is 42.1 cm³/mol. The van der Waals surface area contributed by atoms with Crippen molar-refractivity contribution in [2.45, 2.75) is 0 Å². The lowest BCUT2D eigenvalue weighted by molar-refractivity contribution is 1.65. The molecule has 0 saturated carbocycles. The van der Waals surface area contributed by atoms with Gasteiger partial charge >= 0.3 is 0 Å². The van der Waals surface area contributed by atoms with Gasteiger partial charge in [0, 0.05) is 5.02 Å². The maximum atomic E-state index is 10.8. The van der Waals surface area contributed by atoms with E-state index in [0.29, 0.717) is 5.02 Å². The van der Waals surface area contributed by atoms with Crippen LogP contribution in [-0.2, 0) is 0 Å². The molecule has 3 heteroatoms. The largest absolute Gasteiger partial charge is 0.396 e. The van der Waals surface area contributed by atoms with E-state index in [-0.39, 0.29) is 11.1 Å². The molecule has 0 aromatic heterocycles. The quantitative estimate of drug-likeness (QED) is 0.614. The molecule has 1 aromatic rings. The highest BCUT2D eigenvalue weighted by Gasteiger charge is 1.88. The van der Waals surface area contributed by atoms with Crippen LogP contribution in [0.3, 0.4) is 0 Å². The number of rotatable bonds is 0. The average molecular weight is 156 g/mol. The first-order chi connectivity index (χ1) is 4.70. The molecule has 52 valence electrons. The van der Waals surface area contributed by atoms with Gasteiger partial charge in [0.1, 0.15) is 0 Å². The van der Waals surface area contributed by atoms with Crippen molar-refractivity contribution in [2.75, 3.05) is 5.73 Å². The molecule has 1 aromatic carbocycles. The zero-order valence-corrected chi connectivity index (χ0v) is 5.93. The molecule has 10 heavy (non-hydrogen) atoms. The maximum absolute atomic E-state index is 10.8. The van der Waals surface area contributed by atoms with E-state index in [4.69, 9.17) is 17.3 Å². The standard InChI is InChI=1S/C7H6ClNO/c8-5-1-3-6(9)7(10)4-2-5/h1-4H,(H2,9,10). The smallest absolute Gasteiger partial charge is 0.201 e. The van der Waals surface area contributed by atoms with E-state index in [0.717, 1.165) is 0 Å². The molecular weight excluding hydrogens is 150 g/mol. The van der Waals surface area contributed by atoms with Gasteiger partial charge in [-0.1, -0.05) is 11.6 Å². The van der Waals surface area contributed by atoms with Gasteiger partial charge in [0.05, 0.1) is 5.69 Å². The molecule has 0 aliphatic heterocycles. The van der Waals surface area contributed by atoms with E-state index < -0.39 is 0 Å². The Morgan fingerprint density at radius 3 is 2.50 bits per heavy atom. The SMILES string of the molecule is Nc1ccc(Cl)ccc1=O. The van der Waals surface area contributed by atoms with Gasteiger partial charge in [-0.25, -0.2) is 0 Å². The third-order valence-electron chi connectivity index (χ3n) is 1.10. The molecule has 0 fully saturated rings. The Morgan fingerprint density at radius 1 is 1.20 bits per heavy atom. The third kappa shape index (κ3) is 1.48. The van der Waals surface area contributed by atoms with Gasteiger partial charge in [0.15, 0.2) is 0 Å².